The molecule has 2 atom stereocenters. The minimum Gasteiger partial charge on any atom is -0.445 e. The summed E-state index contributed by atoms with van der Waals surface area (Å²) in [4.78, 5) is 73.0. The monoisotopic (exact) mass is 552 g/mol. The first-order chi connectivity index (χ1) is 19.0. The Balaban J connectivity index is 1.84. The smallest absolute Gasteiger partial charge is 0.408 e. The highest BCUT2D eigenvalue weighted by Gasteiger charge is 2.24. The van der Waals surface area contributed by atoms with Gasteiger partial charge in [-0.1, -0.05) is 60.7 Å². The number of ether oxygens (including phenoxy) is 1. The molecule has 2 rings (SSSR count). The van der Waals surface area contributed by atoms with E-state index >= 15 is 0 Å². The van der Waals surface area contributed by atoms with E-state index in [9.17, 15) is 28.8 Å². The predicted octanol–water partition coefficient (Wildman–Crippen LogP) is 0.0237. The van der Waals surface area contributed by atoms with E-state index in [4.69, 9.17) is 10.5 Å². The van der Waals surface area contributed by atoms with Gasteiger partial charge in [0, 0.05) is 18.7 Å². The Labute approximate surface area is 231 Å². The summed E-state index contributed by atoms with van der Waals surface area (Å²) in [5.74, 6) is -3.98. The van der Waals surface area contributed by atoms with E-state index in [1.807, 2.05) is 36.4 Å². The molecule has 0 spiro atoms. The van der Waals surface area contributed by atoms with Crippen LogP contribution in [-0.2, 0) is 41.9 Å². The minimum atomic E-state index is -1.18. The van der Waals surface area contributed by atoms with Crippen LogP contribution in [0.4, 0.5) is 4.79 Å². The number of hydrogen-bond acceptors (Lipinski definition) is 7. The lowest BCUT2D eigenvalue weighted by atomic mass is 10.2. The SMILES string of the molecule is CC(NC(=O)OCc1ccccc1)C(=O)NC(C)C(=O)NN(CC(N)=O)C(=O)/C=C/C(=O)NCc1ccccc1. The van der Waals surface area contributed by atoms with Crippen LogP contribution in [0.2, 0.25) is 0 Å². The van der Waals surface area contributed by atoms with Crippen LogP contribution >= 0.6 is 0 Å². The number of carbonyl (C=O) groups is 6. The van der Waals surface area contributed by atoms with E-state index in [0.717, 1.165) is 23.3 Å². The molecule has 13 heteroatoms. The van der Waals surface area contributed by atoms with Crippen LogP contribution in [0.3, 0.4) is 0 Å². The van der Waals surface area contributed by atoms with Crippen molar-refractivity contribution in [2.24, 2.45) is 5.73 Å². The highest BCUT2D eigenvalue weighted by molar-refractivity contribution is 5.99. The van der Waals surface area contributed by atoms with Gasteiger partial charge in [-0.15, -0.1) is 0 Å². The number of benzene rings is 2. The molecule has 6 amide bonds. The minimum absolute atomic E-state index is 0.00663. The lowest BCUT2D eigenvalue weighted by Gasteiger charge is -2.24. The molecule has 2 unspecified atom stereocenters. The van der Waals surface area contributed by atoms with Crippen LogP contribution in [0.25, 0.3) is 0 Å². The van der Waals surface area contributed by atoms with Crippen LogP contribution in [0.1, 0.15) is 25.0 Å². The number of nitrogens with zero attached hydrogens (tertiary/aromatic N) is 1. The zero-order valence-corrected chi connectivity index (χ0v) is 22.1. The molecule has 0 aliphatic carbocycles. The first kappa shape index (κ1) is 31.0. The molecule has 6 N–H and O–H groups in total. The molecule has 0 aliphatic rings. The fourth-order valence-corrected chi connectivity index (χ4v) is 3.05. The highest BCUT2D eigenvalue weighted by Crippen LogP contribution is 2.01. The molecule has 0 heterocycles. The van der Waals surface area contributed by atoms with Crippen LogP contribution in [0.15, 0.2) is 72.8 Å². The molecule has 0 saturated heterocycles. The summed E-state index contributed by atoms with van der Waals surface area (Å²) in [6.45, 7) is 2.27. The van der Waals surface area contributed by atoms with Crippen LogP contribution in [-0.4, -0.2) is 59.3 Å². The Hall–Kier alpha value is -5.20. The second-order valence-electron chi connectivity index (χ2n) is 8.56. The summed E-state index contributed by atoms with van der Waals surface area (Å²) in [5.41, 5.74) is 8.97. The van der Waals surface area contributed by atoms with Gasteiger partial charge in [0.25, 0.3) is 11.8 Å². The van der Waals surface area contributed by atoms with Crippen molar-refractivity contribution in [3.8, 4) is 0 Å². The van der Waals surface area contributed by atoms with Gasteiger partial charge in [-0.3, -0.25) is 29.4 Å². The maximum absolute atomic E-state index is 12.6. The van der Waals surface area contributed by atoms with Gasteiger partial charge in [0.2, 0.25) is 17.7 Å². The summed E-state index contributed by atoms with van der Waals surface area (Å²) < 4.78 is 5.06. The molecule has 13 nitrogen and oxygen atoms in total. The second-order valence-corrected chi connectivity index (χ2v) is 8.56. The van der Waals surface area contributed by atoms with Gasteiger partial charge in [0.1, 0.15) is 25.2 Å². The molecule has 0 saturated carbocycles. The quantitative estimate of drug-likeness (QED) is 0.181. The summed E-state index contributed by atoms with van der Waals surface area (Å²) in [6, 6.07) is 15.8. The third kappa shape index (κ3) is 11.5. The average Bonchev–Trinajstić information content (AvgIpc) is 2.94. The van der Waals surface area contributed by atoms with Crippen molar-refractivity contribution < 1.29 is 33.5 Å². The van der Waals surface area contributed by atoms with Crippen LogP contribution < -0.4 is 27.1 Å². The number of primary amides is 1. The van der Waals surface area contributed by atoms with Crippen molar-refractivity contribution in [2.45, 2.75) is 39.1 Å². The van der Waals surface area contributed by atoms with Crippen molar-refractivity contribution in [3.63, 3.8) is 0 Å². The van der Waals surface area contributed by atoms with E-state index < -0.39 is 54.3 Å². The van der Waals surface area contributed by atoms with Gasteiger partial charge in [-0.05, 0) is 25.0 Å². The molecular formula is C27H32N6O7. The standard InChI is InChI=1S/C27H32N6O7/c1-18(31-27(39)40-17-21-11-7-4-8-12-21)25(37)30-19(2)26(38)32-33(16-22(28)34)24(36)14-13-23(35)29-15-20-9-5-3-6-10-20/h3-14,18-19H,15-17H2,1-2H3,(H2,28,34)(H,29,35)(H,30,37)(H,31,39)(H,32,38)/b14-13+. The van der Waals surface area contributed by atoms with Crippen molar-refractivity contribution in [3.05, 3.63) is 83.9 Å². The molecule has 0 radical (unpaired) electrons. The number of hydrogen-bond donors (Lipinski definition) is 5. The number of rotatable bonds is 12. The normalized spacial score (nSPS) is 11.9. The van der Waals surface area contributed by atoms with Crippen molar-refractivity contribution in [2.75, 3.05) is 6.54 Å². The molecule has 0 bridgehead atoms. The molecule has 0 aliphatic heterocycles. The lowest BCUT2D eigenvalue weighted by molar-refractivity contribution is -0.142. The first-order valence-electron chi connectivity index (χ1n) is 12.2. The number of carbonyl (C=O) groups excluding carboxylic acids is 6. The van der Waals surface area contributed by atoms with Crippen molar-refractivity contribution in [1.29, 1.82) is 0 Å². The van der Waals surface area contributed by atoms with E-state index in [1.165, 1.54) is 13.8 Å². The molecule has 40 heavy (non-hydrogen) atoms. The zero-order valence-electron chi connectivity index (χ0n) is 22.1. The summed E-state index contributed by atoms with van der Waals surface area (Å²) >= 11 is 0. The van der Waals surface area contributed by atoms with Gasteiger partial charge in [0.05, 0.1) is 0 Å². The Bertz CT molecular complexity index is 1220. The molecule has 0 fully saturated rings. The molecule has 0 aromatic heterocycles. The Morgan fingerprint density at radius 3 is 2.00 bits per heavy atom. The van der Waals surface area contributed by atoms with Crippen molar-refractivity contribution >= 4 is 35.6 Å². The maximum Gasteiger partial charge on any atom is 0.408 e. The highest BCUT2D eigenvalue weighted by atomic mass is 16.5. The number of hydrazine groups is 1. The van der Waals surface area contributed by atoms with Crippen molar-refractivity contribution in [1.82, 2.24) is 26.4 Å². The van der Waals surface area contributed by atoms with E-state index in [0.29, 0.717) is 5.01 Å². The van der Waals surface area contributed by atoms with Gasteiger partial charge >= 0.3 is 6.09 Å². The fourth-order valence-electron chi connectivity index (χ4n) is 3.05. The fraction of sp³-hybridized carbons (Fsp3) is 0.259. The van der Waals surface area contributed by atoms with Crippen LogP contribution in [0.5, 0.6) is 0 Å². The Morgan fingerprint density at radius 1 is 0.825 bits per heavy atom. The lowest BCUT2D eigenvalue weighted by Crippen LogP contribution is -2.56. The molecule has 2 aromatic rings. The zero-order chi connectivity index (χ0) is 29.5. The summed E-state index contributed by atoms with van der Waals surface area (Å²) in [5, 5.41) is 7.93. The number of alkyl carbamates (subject to hydrolysis) is 1. The molecule has 212 valence electrons. The number of nitrogens with one attached hydrogen (secondary N) is 4. The molecule has 2 aromatic carbocycles. The van der Waals surface area contributed by atoms with Gasteiger partial charge in [-0.2, -0.15) is 0 Å². The van der Waals surface area contributed by atoms with E-state index in [2.05, 4.69) is 21.4 Å². The largest absolute Gasteiger partial charge is 0.445 e. The Morgan fingerprint density at radius 2 is 1.40 bits per heavy atom. The van der Waals surface area contributed by atoms with Gasteiger partial charge in [-0.25, -0.2) is 9.80 Å². The van der Waals surface area contributed by atoms with Gasteiger partial charge < -0.3 is 26.4 Å². The molecular weight excluding hydrogens is 520 g/mol. The predicted molar refractivity (Wildman–Crippen MR) is 143 cm³/mol. The first-order valence-corrected chi connectivity index (χ1v) is 12.2. The third-order valence-corrected chi connectivity index (χ3v) is 5.20. The topological polar surface area (TPSA) is 189 Å². The summed E-state index contributed by atoms with van der Waals surface area (Å²) in [7, 11) is 0. The number of nitrogens with two attached hydrogens (primary N) is 1. The summed E-state index contributed by atoms with van der Waals surface area (Å²) in [6.07, 6.45) is 0.974. The van der Waals surface area contributed by atoms with Gasteiger partial charge in [0.15, 0.2) is 0 Å². The average molecular weight is 553 g/mol. The van der Waals surface area contributed by atoms with E-state index in [1.54, 1.807) is 24.3 Å². The van der Waals surface area contributed by atoms with Crippen LogP contribution in [0, 0.1) is 0 Å². The third-order valence-electron chi connectivity index (χ3n) is 5.20. The Kier molecular flexibility index (Phi) is 12.3. The maximum atomic E-state index is 12.6. The number of amides is 6. The van der Waals surface area contributed by atoms with E-state index in [-0.39, 0.29) is 13.2 Å². The second kappa shape index (κ2) is 15.9.